The number of nitrogens with zero attached hydrogens (tertiary/aromatic N) is 2. The molecule has 1 unspecified atom stereocenters. The second kappa shape index (κ2) is 11.4. The van der Waals surface area contributed by atoms with Crippen molar-refractivity contribution in [2.24, 2.45) is 4.99 Å². The molecule has 1 fully saturated rings. The van der Waals surface area contributed by atoms with E-state index < -0.39 is 17.0 Å². The number of unbranched alkanes of at least 4 members (excludes halogenated alkanes) is 4. The van der Waals surface area contributed by atoms with E-state index in [-0.39, 0.29) is 29.1 Å². The molecule has 0 saturated carbocycles. The number of carbonyl (C=O) groups is 2. The third-order valence-corrected chi connectivity index (χ3v) is 5.85. The first-order chi connectivity index (χ1) is 14.3. The number of hydrogen-bond donors (Lipinski definition) is 1. The van der Waals surface area contributed by atoms with Crippen molar-refractivity contribution >= 4 is 34.4 Å². The van der Waals surface area contributed by atoms with E-state index in [0.29, 0.717) is 13.1 Å². The minimum Gasteiger partial charge on any atom is -0.355 e. The number of nitrogens with one attached hydrogen (secondary N) is 1. The van der Waals surface area contributed by atoms with E-state index in [1.165, 1.54) is 17.0 Å². The lowest BCUT2D eigenvalue weighted by molar-refractivity contribution is -0.137. The van der Waals surface area contributed by atoms with E-state index in [0.717, 1.165) is 56.0 Å². The van der Waals surface area contributed by atoms with Crippen LogP contribution in [0.15, 0.2) is 29.3 Å². The van der Waals surface area contributed by atoms with Crippen molar-refractivity contribution in [3.8, 4) is 0 Å². The molecule has 5 nitrogen and oxygen atoms in total. The number of benzene rings is 1. The molecule has 2 rings (SSSR count). The Bertz CT molecular complexity index is 768. The molecular weight excluding hydrogens is 415 g/mol. The lowest BCUT2D eigenvalue weighted by Gasteiger charge is -2.31. The molecule has 1 heterocycles. The molecular formula is C21H28F3N3O2S. The summed E-state index contributed by atoms with van der Waals surface area (Å²) in [5.74, 6) is -0.499. The zero-order valence-electron chi connectivity index (χ0n) is 17.3. The van der Waals surface area contributed by atoms with Crippen LogP contribution in [0.1, 0.15) is 57.9 Å². The van der Waals surface area contributed by atoms with E-state index >= 15 is 0 Å². The van der Waals surface area contributed by atoms with Crippen molar-refractivity contribution in [2.45, 2.75) is 63.8 Å². The van der Waals surface area contributed by atoms with Crippen LogP contribution in [-0.2, 0) is 15.8 Å². The first-order valence-corrected chi connectivity index (χ1v) is 11.1. The summed E-state index contributed by atoms with van der Waals surface area (Å²) in [5, 5.41) is 2.33. The Kier molecular flexibility index (Phi) is 9.20. The van der Waals surface area contributed by atoms with Gasteiger partial charge in [-0.15, -0.1) is 0 Å². The third kappa shape index (κ3) is 7.04. The van der Waals surface area contributed by atoms with E-state index in [2.05, 4.69) is 17.2 Å². The fourth-order valence-electron chi connectivity index (χ4n) is 3.09. The van der Waals surface area contributed by atoms with Crippen molar-refractivity contribution in [2.75, 3.05) is 13.1 Å². The number of amides is 2. The normalized spacial score (nSPS) is 18.7. The van der Waals surface area contributed by atoms with Crippen LogP contribution in [-0.4, -0.2) is 40.2 Å². The molecule has 1 N–H and O–H groups in total. The predicted molar refractivity (Wildman–Crippen MR) is 114 cm³/mol. The highest BCUT2D eigenvalue weighted by Gasteiger charge is 2.36. The number of carbonyl (C=O) groups excluding carboxylic acids is 2. The van der Waals surface area contributed by atoms with Gasteiger partial charge in [0.25, 0.3) is 0 Å². The average molecular weight is 444 g/mol. The molecule has 0 spiro atoms. The molecule has 9 heteroatoms. The highest BCUT2D eigenvalue weighted by molar-refractivity contribution is 8.15. The third-order valence-electron chi connectivity index (χ3n) is 4.67. The van der Waals surface area contributed by atoms with Gasteiger partial charge in [-0.3, -0.25) is 14.5 Å². The van der Waals surface area contributed by atoms with Crippen LogP contribution in [0.5, 0.6) is 0 Å². The number of aliphatic imine (C=N–C) groups is 1. The average Bonchev–Trinajstić information content (AvgIpc) is 2.69. The van der Waals surface area contributed by atoms with Gasteiger partial charge in [-0.2, -0.15) is 13.2 Å². The van der Waals surface area contributed by atoms with Crippen molar-refractivity contribution in [1.82, 2.24) is 10.2 Å². The van der Waals surface area contributed by atoms with Gasteiger partial charge in [0.2, 0.25) is 11.8 Å². The Labute approximate surface area is 179 Å². The van der Waals surface area contributed by atoms with Gasteiger partial charge in [-0.25, -0.2) is 4.99 Å². The summed E-state index contributed by atoms with van der Waals surface area (Å²) in [5.41, 5.74) is -0.699. The molecule has 0 aromatic heterocycles. The zero-order chi connectivity index (χ0) is 22.1. The molecule has 1 aliphatic heterocycles. The van der Waals surface area contributed by atoms with Crippen LogP contribution in [0.25, 0.3) is 0 Å². The summed E-state index contributed by atoms with van der Waals surface area (Å²) < 4.78 is 39.1. The molecule has 1 atom stereocenters. The first kappa shape index (κ1) is 24.2. The Morgan fingerprint density at radius 2 is 1.97 bits per heavy atom. The Morgan fingerprint density at radius 3 is 2.63 bits per heavy atom. The van der Waals surface area contributed by atoms with Gasteiger partial charge in [0, 0.05) is 19.5 Å². The second-order valence-corrected chi connectivity index (χ2v) is 8.28. The number of rotatable bonds is 9. The lowest BCUT2D eigenvalue weighted by atomic mass is 10.1. The minimum atomic E-state index is -4.48. The standard InChI is InChI=1S/C21H28F3N3O2S/c1-3-5-6-7-8-12-27-18(28)14-17(19(29)25-4-2)30-20(27)26-16-11-9-10-15(13-16)21(22,23)24/h9-11,13,17H,3-8,12,14H2,1-2H3,(H,25,29). The maximum absolute atomic E-state index is 13.0. The van der Waals surface area contributed by atoms with Gasteiger partial charge in [0.15, 0.2) is 5.17 Å². The fraction of sp³-hybridized carbons (Fsp3) is 0.571. The van der Waals surface area contributed by atoms with Gasteiger partial charge in [0.1, 0.15) is 0 Å². The number of amidine groups is 1. The summed E-state index contributed by atoms with van der Waals surface area (Å²) in [6.45, 7) is 4.78. The molecule has 0 radical (unpaired) electrons. The molecule has 30 heavy (non-hydrogen) atoms. The topological polar surface area (TPSA) is 61.8 Å². The van der Waals surface area contributed by atoms with Gasteiger partial charge >= 0.3 is 6.18 Å². The Hall–Kier alpha value is -2.03. The van der Waals surface area contributed by atoms with Crippen molar-refractivity contribution in [3.63, 3.8) is 0 Å². The highest BCUT2D eigenvalue weighted by Crippen LogP contribution is 2.33. The van der Waals surface area contributed by atoms with E-state index in [1.54, 1.807) is 6.92 Å². The zero-order valence-corrected chi connectivity index (χ0v) is 18.1. The lowest BCUT2D eigenvalue weighted by Crippen LogP contribution is -2.47. The molecule has 1 aromatic rings. The van der Waals surface area contributed by atoms with Crippen LogP contribution < -0.4 is 5.32 Å². The SMILES string of the molecule is CCCCCCCN1C(=O)CC(C(=O)NCC)SC1=Nc1cccc(C(F)(F)F)c1. The van der Waals surface area contributed by atoms with E-state index in [9.17, 15) is 22.8 Å². The van der Waals surface area contributed by atoms with Gasteiger partial charge in [0.05, 0.1) is 16.5 Å². The molecule has 1 saturated heterocycles. The molecule has 166 valence electrons. The van der Waals surface area contributed by atoms with Crippen LogP contribution >= 0.6 is 11.8 Å². The van der Waals surface area contributed by atoms with Crippen LogP contribution in [0.4, 0.5) is 18.9 Å². The summed E-state index contributed by atoms with van der Waals surface area (Å²) in [6, 6.07) is 4.68. The number of alkyl halides is 3. The van der Waals surface area contributed by atoms with Crippen molar-refractivity contribution in [1.29, 1.82) is 0 Å². The highest BCUT2D eigenvalue weighted by atomic mass is 32.2. The molecule has 0 bridgehead atoms. The van der Waals surface area contributed by atoms with Crippen molar-refractivity contribution in [3.05, 3.63) is 29.8 Å². The van der Waals surface area contributed by atoms with Gasteiger partial charge in [-0.05, 0) is 31.5 Å². The maximum atomic E-state index is 13.0. The minimum absolute atomic E-state index is 0.0487. The largest absolute Gasteiger partial charge is 0.416 e. The summed E-state index contributed by atoms with van der Waals surface area (Å²) in [7, 11) is 0. The quantitative estimate of drug-likeness (QED) is 0.538. The van der Waals surface area contributed by atoms with Gasteiger partial charge in [-0.1, -0.05) is 50.4 Å². The second-order valence-electron chi connectivity index (χ2n) is 7.11. The van der Waals surface area contributed by atoms with E-state index in [4.69, 9.17) is 0 Å². The molecule has 0 aliphatic carbocycles. The summed E-state index contributed by atoms with van der Waals surface area (Å²) in [4.78, 5) is 30.8. The Morgan fingerprint density at radius 1 is 1.23 bits per heavy atom. The monoisotopic (exact) mass is 443 g/mol. The fourth-order valence-corrected chi connectivity index (χ4v) is 4.23. The van der Waals surface area contributed by atoms with Crippen LogP contribution in [0.3, 0.4) is 0 Å². The van der Waals surface area contributed by atoms with E-state index in [1.807, 2.05) is 0 Å². The van der Waals surface area contributed by atoms with Crippen LogP contribution in [0, 0.1) is 0 Å². The smallest absolute Gasteiger partial charge is 0.355 e. The number of thioether (sulfide) groups is 1. The predicted octanol–water partition coefficient (Wildman–Crippen LogP) is 5.13. The first-order valence-electron chi connectivity index (χ1n) is 10.3. The Balaban J connectivity index is 2.26. The van der Waals surface area contributed by atoms with Gasteiger partial charge < -0.3 is 5.32 Å². The number of halogens is 3. The molecule has 1 aromatic carbocycles. The summed E-state index contributed by atoms with van der Waals surface area (Å²) >= 11 is 1.13. The van der Waals surface area contributed by atoms with Crippen LogP contribution in [0.2, 0.25) is 0 Å². The molecule has 1 aliphatic rings. The van der Waals surface area contributed by atoms with Crippen molar-refractivity contribution < 1.29 is 22.8 Å². The number of hydrogen-bond acceptors (Lipinski definition) is 4. The maximum Gasteiger partial charge on any atom is 0.416 e. The molecule has 2 amide bonds. The summed E-state index contributed by atoms with van der Waals surface area (Å²) in [6.07, 6.45) is 0.593.